The molecule has 0 spiro atoms. The van der Waals surface area contributed by atoms with Crippen molar-refractivity contribution in [1.82, 2.24) is 15.0 Å². The maximum absolute atomic E-state index is 12.2. The van der Waals surface area contributed by atoms with Gasteiger partial charge in [0, 0.05) is 19.9 Å². The largest absolute Gasteiger partial charge is 0.492 e. The second-order valence-electron chi connectivity index (χ2n) is 5.97. The molecule has 0 unspecified atom stereocenters. The van der Waals surface area contributed by atoms with Crippen molar-refractivity contribution in [1.29, 1.82) is 0 Å². The molecule has 7 heteroatoms. The summed E-state index contributed by atoms with van der Waals surface area (Å²) >= 11 is 1.55. The summed E-state index contributed by atoms with van der Waals surface area (Å²) in [5.41, 5.74) is 1.19. The van der Waals surface area contributed by atoms with E-state index in [0.717, 1.165) is 10.6 Å². The highest BCUT2D eigenvalue weighted by Gasteiger charge is 2.13. The van der Waals surface area contributed by atoms with Crippen LogP contribution in [0.4, 0.5) is 0 Å². The molecule has 2 heterocycles. The summed E-state index contributed by atoms with van der Waals surface area (Å²) in [6.45, 7) is 3.01. The van der Waals surface area contributed by atoms with E-state index in [-0.39, 0.29) is 5.91 Å². The lowest BCUT2D eigenvalue weighted by Crippen LogP contribution is -2.31. The molecule has 1 amide bonds. The van der Waals surface area contributed by atoms with Crippen LogP contribution in [0.5, 0.6) is 5.75 Å². The molecule has 0 aliphatic carbocycles. The zero-order valence-electron chi connectivity index (χ0n) is 14.8. The number of hydrogen-bond acceptors (Lipinski definition) is 6. The van der Waals surface area contributed by atoms with Crippen molar-refractivity contribution in [2.45, 2.75) is 19.8 Å². The Morgan fingerprint density at radius 1 is 1.27 bits per heavy atom. The van der Waals surface area contributed by atoms with Gasteiger partial charge < -0.3 is 14.2 Å². The van der Waals surface area contributed by atoms with Crippen LogP contribution in [0.2, 0.25) is 0 Å². The molecule has 0 atom stereocenters. The molecule has 0 fully saturated rings. The van der Waals surface area contributed by atoms with Crippen LogP contribution in [-0.2, 0) is 11.2 Å². The van der Waals surface area contributed by atoms with Gasteiger partial charge in [0.1, 0.15) is 12.4 Å². The average molecular weight is 371 g/mol. The Kier molecular flexibility index (Phi) is 6.01. The van der Waals surface area contributed by atoms with Gasteiger partial charge in [0.05, 0.1) is 11.4 Å². The number of thiophene rings is 1. The van der Waals surface area contributed by atoms with Crippen LogP contribution < -0.4 is 4.74 Å². The van der Waals surface area contributed by atoms with E-state index in [1.807, 2.05) is 48.7 Å². The second-order valence-corrected chi connectivity index (χ2v) is 6.91. The Bertz CT molecular complexity index is 828. The molecule has 0 N–H and O–H groups in total. The summed E-state index contributed by atoms with van der Waals surface area (Å²) in [6, 6.07) is 11.7. The molecule has 1 aromatic carbocycles. The fraction of sp³-hybridized carbons (Fsp3) is 0.316. The molecule has 3 aromatic rings. The third kappa shape index (κ3) is 4.92. The van der Waals surface area contributed by atoms with E-state index in [1.54, 1.807) is 23.3 Å². The van der Waals surface area contributed by atoms with Crippen molar-refractivity contribution in [3.05, 3.63) is 53.2 Å². The summed E-state index contributed by atoms with van der Waals surface area (Å²) in [5, 5.41) is 5.91. The van der Waals surface area contributed by atoms with Crippen molar-refractivity contribution in [2.24, 2.45) is 0 Å². The first-order valence-electron chi connectivity index (χ1n) is 8.42. The number of likely N-dealkylation sites (N-methyl/N-ethyl adjacent to an activating group) is 1. The van der Waals surface area contributed by atoms with Gasteiger partial charge in [-0.3, -0.25) is 4.79 Å². The van der Waals surface area contributed by atoms with Crippen LogP contribution in [0, 0.1) is 6.92 Å². The topological polar surface area (TPSA) is 68.5 Å². The Morgan fingerprint density at radius 3 is 2.81 bits per heavy atom. The molecule has 0 aliphatic heterocycles. The maximum atomic E-state index is 12.2. The molecule has 6 nitrogen and oxygen atoms in total. The van der Waals surface area contributed by atoms with Gasteiger partial charge in [0.15, 0.2) is 0 Å². The molecule has 26 heavy (non-hydrogen) atoms. The number of nitrogens with zero attached hydrogens (tertiary/aromatic N) is 3. The second kappa shape index (κ2) is 8.62. The summed E-state index contributed by atoms with van der Waals surface area (Å²) < 4.78 is 10.9. The Labute approximate surface area is 156 Å². The van der Waals surface area contributed by atoms with Gasteiger partial charge in [-0.15, -0.1) is 11.3 Å². The van der Waals surface area contributed by atoms with E-state index < -0.39 is 0 Å². The van der Waals surface area contributed by atoms with E-state index in [9.17, 15) is 4.79 Å². The zero-order valence-corrected chi connectivity index (χ0v) is 15.7. The molecule has 2 aromatic heterocycles. The normalized spacial score (nSPS) is 10.7. The number of benzene rings is 1. The number of carbonyl (C=O) groups is 1. The smallest absolute Gasteiger partial charge is 0.227 e. The summed E-state index contributed by atoms with van der Waals surface area (Å²) in [6.07, 6.45) is 0.757. The molecule has 136 valence electrons. The van der Waals surface area contributed by atoms with E-state index in [1.165, 1.54) is 5.56 Å². The molecule has 3 rings (SSSR count). The van der Waals surface area contributed by atoms with Crippen molar-refractivity contribution in [3.63, 3.8) is 0 Å². The standard InChI is InChI=1S/C19H21N3O3S/c1-14-5-7-15(8-6-14)24-12-11-22(2)18(23)10-9-17-20-19(21-25-17)16-4-3-13-26-16/h3-8,13H,9-12H2,1-2H3. The third-order valence-corrected chi connectivity index (χ3v) is 4.77. The highest BCUT2D eigenvalue weighted by molar-refractivity contribution is 7.13. The third-order valence-electron chi connectivity index (χ3n) is 3.90. The monoisotopic (exact) mass is 371 g/mol. The number of aromatic nitrogens is 2. The minimum absolute atomic E-state index is 0.0216. The highest BCUT2D eigenvalue weighted by Crippen LogP contribution is 2.21. The number of carbonyl (C=O) groups excluding carboxylic acids is 1. The Balaban J connectivity index is 1.40. The molecule has 0 bridgehead atoms. The predicted molar refractivity (Wildman–Crippen MR) is 100 cm³/mol. The van der Waals surface area contributed by atoms with Gasteiger partial charge in [-0.05, 0) is 30.5 Å². The number of rotatable bonds is 8. The predicted octanol–water partition coefficient (Wildman–Crippen LogP) is 3.58. The first-order chi connectivity index (χ1) is 12.6. The fourth-order valence-corrected chi connectivity index (χ4v) is 2.98. The van der Waals surface area contributed by atoms with E-state index in [0.29, 0.717) is 37.7 Å². The van der Waals surface area contributed by atoms with E-state index >= 15 is 0 Å². The molecule has 0 saturated carbocycles. The van der Waals surface area contributed by atoms with Crippen LogP contribution in [0.1, 0.15) is 17.9 Å². The first kappa shape index (κ1) is 18.1. The maximum Gasteiger partial charge on any atom is 0.227 e. The van der Waals surface area contributed by atoms with Crippen LogP contribution in [0.15, 0.2) is 46.3 Å². The molecular formula is C19H21N3O3S. The minimum atomic E-state index is 0.0216. The van der Waals surface area contributed by atoms with E-state index in [4.69, 9.17) is 9.26 Å². The molecule has 0 saturated heterocycles. The van der Waals surface area contributed by atoms with Gasteiger partial charge in [0.2, 0.25) is 17.6 Å². The number of amides is 1. The van der Waals surface area contributed by atoms with Crippen LogP contribution in [-0.4, -0.2) is 41.1 Å². The molecular weight excluding hydrogens is 350 g/mol. The quantitative estimate of drug-likeness (QED) is 0.605. The average Bonchev–Trinajstić information content (AvgIpc) is 3.32. The van der Waals surface area contributed by atoms with Crippen molar-refractivity contribution in [3.8, 4) is 16.5 Å². The number of aryl methyl sites for hydroxylation is 2. The minimum Gasteiger partial charge on any atom is -0.492 e. The van der Waals surface area contributed by atoms with Gasteiger partial charge in [-0.25, -0.2) is 0 Å². The lowest BCUT2D eigenvalue weighted by molar-refractivity contribution is -0.130. The lowest BCUT2D eigenvalue weighted by atomic mass is 10.2. The highest BCUT2D eigenvalue weighted by atomic mass is 32.1. The molecule has 0 radical (unpaired) electrons. The van der Waals surface area contributed by atoms with Gasteiger partial charge in [0.25, 0.3) is 0 Å². The van der Waals surface area contributed by atoms with Gasteiger partial charge in [-0.2, -0.15) is 4.98 Å². The summed E-state index contributed by atoms with van der Waals surface area (Å²) in [5.74, 6) is 1.88. The SMILES string of the molecule is Cc1ccc(OCCN(C)C(=O)CCc2nc(-c3cccs3)no2)cc1. The van der Waals surface area contributed by atoms with E-state index in [2.05, 4.69) is 10.1 Å². The van der Waals surface area contributed by atoms with Crippen LogP contribution in [0.3, 0.4) is 0 Å². The first-order valence-corrected chi connectivity index (χ1v) is 9.29. The molecule has 0 aliphatic rings. The van der Waals surface area contributed by atoms with Crippen molar-refractivity contribution in [2.75, 3.05) is 20.2 Å². The Hall–Kier alpha value is -2.67. The summed E-state index contributed by atoms with van der Waals surface area (Å²) in [4.78, 5) is 19.2. The fourth-order valence-electron chi connectivity index (χ4n) is 2.33. The number of hydrogen-bond donors (Lipinski definition) is 0. The Morgan fingerprint density at radius 2 is 2.08 bits per heavy atom. The summed E-state index contributed by atoms with van der Waals surface area (Å²) in [7, 11) is 1.77. The van der Waals surface area contributed by atoms with Crippen molar-refractivity contribution < 1.29 is 14.1 Å². The van der Waals surface area contributed by atoms with Crippen LogP contribution >= 0.6 is 11.3 Å². The van der Waals surface area contributed by atoms with Crippen molar-refractivity contribution >= 4 is 17.2 Å². The lowest BCUT2D eigenvalue weighted by Gasteiger charge is -2.17. The van der Waals surface area contributed by atoms with Crippen LogP contribution in [0.25, 0.3) is 10.7 Å². The number of ether oxygens (including phenoxy) is 1. The van der Waals surface area contributed by atoms with Gasteiger partial charge in [-0.1, -0.05) is 28.9 Å². The van der Waals surface area contributed by atoms with Gasteiger partial charge >= 0.3 is 0 Å². The zero-order chi connectivity index (χ0) is 18.4.